The van der Waals surface area contributed by atoms with E-state index in [0.717, 1.165) is 47.8 Å². The molecule has 128 valence electrons. The fourth-order valence-corrected chi connectivity index (χ4v) is 3.73. The van der Waals surface area contributed by atoms with Crippen LogP contribution in [0.2, 0.25) is 0 Å². The molecule has 0 bridgehead atoms. The summed E-state index contributed by atoms with van der Waals surface area (Å²) in [5, 5.41) is 3.13. The molecule has 0 spiro atoms. The molecule has 2 aromatic rings. The first-order valence-corrected chi connectivity index (χ1v) is 9.44. The summed E-state index contributed by atoms with van der Waals surface area (Å²) in [6.07, 6.45) is 2.73. The molecule has 1 aromatic heterocycles. The Morgan fingerprint density at radius 2 is 2.17 bits per heavy atom. The standard InChI is InChI=1S/C19H24N2O2S/c1-3-23-17-5-4-10-21(12-17)19(22)11-15-6-8-16(9-7-15)18-13-24-14(2)20-18/h6-9,13,17H,3-5,10-12H2,1-2H3. The highest BCUT2D eigenvalue weighted by molar-refractivity contribution is 7.09. The number of thiazole rings is 1. The van der Waals surface area contributed by atoms with Crippen molar-refractivity contribution in [3.8, 4) is 11.3 Å². The molecule has 1 fully saturated rings. The summed E-state index contributed by atoms with van der Waals surface area (Å²) in [5.74, 6) is 0.191. The quantitative estimate of drug-likeness (QED) is 0.831. The molecule has 3 rings (SSSR count). The number of benzene rings is 1. The summed E-state index contributed by atoms with van der Waals surface area (Å²) in [6, 6.07) is 8.17. The third-order valence-electron chi connectivity index (χ3n) is 4.36. The Morgan fingerprint density at radius 3 is 2.83 bits per heavy atom. The van der Waals surface area contributed by atoms with Gasteiger partial charge in [-0.1, -0.05) is 24.3 Å². The van der Waals surface area contributed by atoms with Gasteiger partial charge in [-0.2, -0.15) is 0 Å². The van der Waals surface area contributed by atoms with Gasteiger partial charge in [0.2, 0.25) is 5.91 Å². The van der Waals surface area contributed by atoms with Gasteiger partial charge in [-0.25, -0.2) is 4.98 Å². The highest BCUT2D eigenvalue weighted by Crippen LogP contribution is 2.22. The third-order valence-corrected chi connectivity index (χ3v) is 5.13. The van der Waals surface area contributed by atoms with Crippen LogP contribution in [0.4, 0.5) is 0 Å². The number of hydrogen-bond acceptors (Lipinski definition) is 4. The van der Waals surface area contributed by atoms with Crippen molar-refractivity contribution in [2.75, 3.05) is 19.7 Å². The number of piperidine rings is 1. The van der Waals surface area contributed by atoms with Crippen LogP contribution in [0.5, 0.6) is 0 Å². The minimum atomic E-state index is 0.191. The van der Waals surface area contributed by atoms with Gasteiger partial charge in [0.15, 0.2) is 0 Å². The van der Waals surface area contributed by atoms with Crippen LogP contribution >= 0.6 is 11.3 Å². The summed E-state index contributed by atoms with van der Waals surface area (Å²) < 4.78 is 5.68. The maximum atomic E-state index is 12.5. The average Bonchev–Trinajstić information content (AvgIpc) is 3.02. The summed E-state index contributed by atoms with van der Waals surface area (Å²) in [4.78, 5) is 19.0. The van der Waals surface area contributed by atoms with Crippen molar-refractivity contribution in [3.05, 3.63) is 40.2 Å². The molecule has 1 saturated heterocycles. The van der Waals surface area contributed by atoms with Crippen molar-refractivity contribution in [3.63, 3.8) is 0 Å². The largest absolute Gasteiger partial charge is 0.377 e. The number of aryl methyl sites for hydroxylation is 1. The molecule has 1 atom stereocenters. The number of ether oxygens (including phenoxy) is 1. The summed E-state index contributed by atoms with van der Waals surface area (Å²) >= 11 is 1.65. The van der Waals surface area contributed by atoms with Gasteiger partial charge in [-0.05, 0) is 32.3 Å². The predicted octanol–water partition coefficient (Wildman–Crippen LogP) is 3.69. The lowest BCUT2D eigenvalue weighted by Gasteiger charge is -2.32. The van der Waals surface area contributed by atoms with Crippen LogP contribution in [0.1, 0.15) is 30.3 Å². The van der Waals surface area contributed by atoms with E-state index in [-0.39, 0.29) is 12.0 Å². The number of rotatable bonds is 5. The Balaban J connectivity index is 1.60. The van der Waals surface area contributed by atoms with E-state index in [9.17, 15) is 4.79 Å². The van der Waals surface area contributed by atoms with Gasteiger partial charge < -0.3 is 9.64 Å². The number of likely N-dealkylation sites (tertiary alicyclic amines) is 1. The van der Waals surface area contributed by atoms with Gasteiger partial charge in [0.1, 0.15) is 0 Å². The monoisotopic (exact) mass is 344 g/mol. The second-order valence-corrected chi connectivity index (χ2v) is 7.25. The van der Waals surface area contributed by atoms with Gasteiger partial charge in [0, 0.05) is 30.6 Å². The van der Waals surface area contributed by atoms with Gasteiger partial charge in [-0.15, -0.1) is 11.3 Å². The van der Waals surface area contributed by atoms with E-state index in [0.29, 0.717) is 13.0 Å². The molecule has 1 unspecified atom stereocenters. The lowest BCUT2D eigenvalue weighted by Crippen LogP contribution is -2.43. The van der Waals surface area contributed by atoms with E-state index in [4.69, 9.17) is 4.74 Å². The average molecular weight is 344 g/mol. The van der Waals surface area contributed by atoms with Crippen LogP contribution in [0.15, 0.2) is 29.6 Å². The minimum absolute atomic E-state index is 0.191. The first kappa shape index (κ1) is 17.1. The van der Waals surface area contributed by atoms with Crippen molar-refractivity contribution in [1.82, 2.24) is 9.88 Å². The zero-order valence-corrected chi connectivity index (χ0v) is 15.1. The molecule has 1 aromatic carbocycles. The normalized spacial score (nSPS) is 17.9. The highest BCUT2D eigenvalue weighted by Gasteiger charge is 2.23. The molecule has 0 aliphatic carbocycles. The number of carbonyl (C=O) groups excluding carboxylic acids is 1. The first-order valence-electron chi connectivity index (χ1n) is 8.56. The fourth-order valence-electron chi connectivity index (χ4n) is 3.11. The molecule has 0 radical (unpaired) electrons. The zero-order valence-electron chi connectivity index (χ0n) is 14.3. The molecule has 2 heterocycles. The number of carbonyl (C=O) groups is 1. The SMILES string of the molecule is CCOC1CCCN(C(=O)Cc2ccc(-c3csc(C)n3)cc2)C1. The Labute approximate surface area is 147 Å². The van der Waals surface area contributed by atoms with Crippen molar-refractivity contribution in [2.24, 2.45) is 0 Å². The van der Waals surface area contributed by atoms with Crippen molar-refractivity contribution in [2.45, 2.75) is 39.2 Å². The Bertz CT molecular complexity index is 679. The molecule has 24 heavy (non-hydrogen) atoms. The van der Waals surface area contributed by atoms with E-state index in [1.165, 1.54) is 0 Å². The lowest BCUT2D eigenvalue weighted by molar-refractivity contribution is -0.134. The Hall–Kier alpha value is -1.72. The lowest BCUT2D eigenvalue weighted by atomic mass is 10.0. The summed E-state index contributed by atoms with van der Waals surface area (Å²) in [7, 11) is 0. The van der Waals surface area contributed by atoms with Crippen molar-refractivity contribution >= 4 is 17.2 Å². The molecule has 4 nitrogen and oxygen atoms in total. The summed E-state index contributed by atoms with van der Waals surface area (Å²) in [5.41, 5.74) is 3.16. The Kier molecular flexibility index (Phi) is 5.63. The smallest absolute Gasteiger partial charge is 0.227 e. The molecule has 1 amide bonds. The molecule has 1 aliphatic heterocycles. The van der Waals surface area contributed by atoms with Gasteiger partial charge in [-0.3, -0.25) is 4.79 Å². The van der Waals surface area contributed by atoms with Gasteiger partial charge in [0.05, 0.1) is 23.2 Å². The van der Waals surface area contributed by atoms with Crippen molar-refractivity contribution in [1.29, 1.82) is 0 Å². The van der Waals surface area contributed by atoms with Crippen LogP contribution in [0.25, 0.3) is 11.3 Å². The summed E-state index contributed by atoms with van der Waals surface area (Å²) in [6.45, 7) is 6.30. The van der Waals surface area contributed by atoms with E-state index in [1.54, 1.807) is 11.3 Å². The van der Waals surface area contributed by atoms with Gasteiger partial charge in [0.25, 0.3) is 0 Å². The number of aromatic nitrogens is 1. The van der Waals surface area contributed by atoms with Crippen LogP contribution in [0, 0.1) is 6.92 Å². The third kappa shape index (κ3) is 4.22. The first-order chi connectivity index (χ1) is 11.7. The molecule has 5 heteroatoms. The number of amides is 1. The van der Waals surface area contributed by atoms with E-state index >= 15 is 0 Å². The predicted molar refractivity (Wildman–Crippen MR) is 97.2 cm³/mol. The topological polar surface area (TPSA) is 42.4 Å². The Morgan fingerprint density at radius 1 is 1.38 bits per heavy atom. The van der Waals surface area contributed by atoms with Crippen molar-refractivity contribution < 1.29 is 9.53 Å². The van der Waals surface area contributed by atoms with E-state index < -0.39 is 0 Å². The molecular weight excluding hydrogens is 320 g/mol. The molecule has 0 saturated carbocycles. The van der Waals surface area contributed by atoms with Crippen LogP contribution in [0.3, 0.4) is 0 Å². The highest BCUT2D eigenvalue weighted by atomic mass is 32.1. The maximum absolute atomic E-state index is 12.5. The fraction of sp³-hybridized carbons (Fsp3) is 0.474. The second-order valence-electron chi connectivity index (χ2n) is 6.18. The molecular formula is C19H24N2O2S. The van der Waals surface area contributed by atoms with Gasteiger partial charge >= 0.3 is 0 Å². The minimum Gasteiger partial charge on any atom is -0.377 e. The zero-order chi connectivity index (χ0) is 16.9. The second kappa shape index (κ2) is 7.90. The van der Waals surface area contributed by atoms with Crippen LogP contribution in [-0.4, -0.2) is 41.6 Å². The molecule has 0 N–H and O–H groups in total. The number of hydrogen-bond donors (Lipinski definition) is 0. The van der Waals surface area contributed by atoms with E-state index in [2.05, 4.69) is 22.5 Å². The number of nitrogens with zero attached hydrogens (tertiary/aromatic N) is 2. The van der Waals surface area contributed by atoms with Crippen LogP contribution in [-0.2, 0) is 16.0 Å². The maximum Gasteiger partial charge on any atom is 0.227 e. The van der Waals surface area contributed by atoms with Crippen LogP contribution < -0.4 is 0 Å². The molecule has 1 aliphatic rings. The van der Waals surface area contributed by atoms with E-state index in [1.807, 2.05) is 30.9 Å².